The zero-order chi connectivity index (χ0) is 17.5. The second kappa shape index (κ2) is 6.01. The molecular weight excluding hydrogens is 366 g/mol. The molecule has 8 heteroatoms. The lowest BCUT2D eigenvalue weighted by Gasteiger charge is -2.03. The van der Waals surface area contributed by atoms with Crippen molar-refractivity contribution >= 4 is 56.6 Å². The molecule has 3 aromatic heterocycles. The van der Waals surface area contributed by atoms with Gasteiger partial charge in [-0.05, 0) is 24.3 Å². The van der Waals surface area contributed by atoms with Gasteiger partial charge in [0, 0.05) is 16.3 Å². The number of aromatic amines is 1. The van der Waals surface area contributed by atoms with Crippen molar-refractivity contribution in [3.8, 4) is 10.7 Å². The summed E-state index contributed by atoms with van der Waals surface area (Å²) >= 11 is 2.56. The quantitative estimate of drug-likeness (QED) is 0.483. The number of anilines is 1. The zero-order valence-corrected chi connectivity index (χ0v) is 14.9. The second-order valence-corrected chi connectivity index (χ2v) is 7.09. The van der Waals surface area contributed by atoms with Crippen LogP contribution in [0.15, 0.2) is 53.9 Å². The molecule has 3 heterocycles. The predicted molar refractivity (Wildman–Crippen MR) is 105 cm³/mol. The molecule has 126 valence electrons. The Labute approximate surface area is 155 Å². The van der Waals surface area contributed by atoms with Crippen LogP contribution in [0.2, 0.25) is 0 Å². The number of carbonyl (C=O) groups is 1. The maximum Gasteiger partial charge on any atom is 0.275 e. The molecule has 5 rings (SSSR count). The summed E-state index contributed by atoms with van der Waals surface area (Å²) in [4.78, 5) is 20.4. The van der Waals surface area contributed by atoms with Crippen LogP contribution in [-0.2, 0) is 0 Å². The maximum atomic E-state index is 12.6. The smallest absolute Gasteiger partial charge is 0.275 e. The number of hydrogen-bond acceptors (Lipinski definition) is 6. The molecule has 0 aliphatic heterocycles. The highest BCUT2D eigenvalue weighted by atomic mass is 32.1. The Morgan fingerprint density at radius 2 is 2.00 bits per heavy atom. The molecule has 0 spiro atoms. The lowest BCUT2D eigenvalue weighted by molar-refractivity contribution is 0.102. The Morgan fingerprint density at radius 1 is 1.08 bits per heavy atom. The molecule has 5 aromatic rings. The molecule has 2 aromatic carbocycles. The molecule has 26 heavy (non-hydrogen) atoms. The number of nitrogens with zero attached hydrogens (tertiary/aromatic N) is 3. The molecule has 0 saturated carbocycles. The maximum absolute atomic E-state index is 12.6. The van der Waals surface area contributed by atoms with Gasteiger partial charge in [-0.2, -0.15) is 8.75 Å². The van der Waals surface area contributed by atoms with Crippen molar-refractivity contribution in [2.45, 2.75) is 0 Å². The topological polar surface area (TPSA) is 83.6 Å². The Morgan fingerprint density at radius 3 is 2.92 bits per heavy atom. The third-order valence-corrected chi connectivity index (χ3v) is 5.45. The predicted octanol–water partition coefficient (Wildman–Crippen LogP) is 4.55. The van der Waals surface area contributed by atoms with Crippen LogP contribution < -0.4 is 5.32 Å². The van der Waals surface area contributed by atoms with E-state index in [1.54, 1.807) is 5.38 Å². The van der Waals surface area contributed by atoms with Crippen molar-refractivity contribution in [1.29, 1.82) is 0 Å². The van der Waals surface area contributed by atoms with Crippen molar-refractivity contribution in [3.05, 3.63) is 59.6 Å². The average molecular weight is 377 g/mol. The molecule has 0 aliphatic carbocycles. The van der Waals surface area contributed by atoms with Crippen LogP contribution in [0.1, 0.15) is 10.5 Å². The molecule has 6 nitrogen and oxygen atoms in total. The number of thiazole rings is 1. The van der Waals surface area contributed by atoms with Crippen LogP contribution >= 0.6 is 23.1 Å². The minimum absolute atomic E-state index is 0.260. The summed E-state index contributed by atoms with van der Waals surface area (Å²) in [6.07, 6.45) is 0. The first-order valence-corrected chi connectivity index (χ1v) is 9.45. The first-order chi connectivity index (χ1) is 12.8. The highest BCUT2D eigenvalue weighted by molar-refractivity contribution is 7.13. The molecule has 1 amide bonds. The number of fused-ring (bicyclic) bond motifs is 2. The molecule has 0 atom stereocenters. The standard InChI is InChI=1S/C18H11N5OS2/c24-17(20-12-6-3-7-13-16(12)23-26-22-13)15-9-25-18(21-15)14-8-10-4-1-2-5-11(10)19-14/h1-9,19H,(H,20,24). The number of amides is 1. The van der Waals surface area contributed by atoms with Crippen LogP contribution in [0.4, 0.5) is 5.69 Å². The number of benzene rings is 2. The van der Waals surface area contributed by atoms with Crippen LogP contribution in [0.3, 0.4) is 0 Å². The van der Waals surface area contributed by atoms with Gasteiger partial charge >= 0.3 is 0 Å². The van der Waals surface area contributed by atoms with Crippen molar-refractivity contribution in [2.24, 2.45) is 0 Å². The van der Waals surface area contributed by atoms with E-state index in [1.165, 1.54) is 11.3 Å². The van der Waals surface area contributed by atoms with Gasteiger partial charge in [-0.25, -0.2) is 4.98 Å². The summed E-state index contributed by atoms with van der Waals surface area (Å²) in [6, 6.07) is 15.6. The first kappa shape index (κ1) is 15.2. The summed E-state index contributed by atoms with van der Waals surface area (Å²) in [6.45, 7) is 0. The number of aromatic nitrogens is 4. The first-order valence-electron chi connectivity index (χ1n) is 7.84. The number of rotatable bonds is 3. The molecule has 2 N–H and O–H groups in total. The van der Waals surface area contributed by atoms with E-state index in [2.05, 4.69) is 24.0 Å². The molecule has 0 bridgehead atoms. The number of hydrogen-bond donors (Lipinski definition) is 2. The van der Waals surface area contributed by atoms with Crippen molar-refractivity contribution < 1.29 is 4.79 Å². The fraction of sp³-hybridized carbons (Fsp3) is 0. The molecule has 0 radical (unpaired) electrons. The number of para-hydroxylation sites is 1. The molecule has 0 aliphatic rings. The zero-order valence-electron chi connectivity index (χ0n) is 13.3. The van der Waals surface area contributed by atoms with Crippen molar-refractivity contribution in [2.75, 3.05) is 5.32 Å². The van der Waals surface area contributed by atoms with Gasteiger partial charge in [0.05, 0.1) is 23.1 Å². The van der Waals surface area contributed by atoms with E-state index in [-0.39, 0.29) is 5.91 Å². The van der Waals surface area contributed by atoms with E-state index in [9.17, 15) is 4.79 Å². The van der Waals surface area contributed by atoms with E-state index >= 15 is 0 Å². The van der Waals surface area contributed by atoms with Crippen LogP contribution in [0, 0.1) is 0 Å². The minimum Gasteiger partial charge on any atom is -0.353 e. The highest BCUT2D eigenvalue weighted by Gasteiger charge is 2.15. The summed E-state index contributed by atoms with van der Waals surface area (Å²) in [5.41, 5.74) is 4.43. The second-order valence-electron chi connectivity index (χ2n) is 5.70. The van der Waals surface area contributed by atoms with Crippen LogP contribution in [0.5, 0.6) is 0 Å². The lowest BCUT2D eigenvalue weighted by atomic mass is 10.2. The van der Waals surface area contributed by atoms with Gasteiger partial charge in [0.15, 0.2) is 0 Å². The lowest BCUT2D eigenvalue weighted by Crippen LogP contribution is -2.12. The Balaban J connectivity index is 1.44. The minimum atomic E-state index is -0.260. The highest BCUT2D eigenvalue weighted by Crippen LogP contribution is 2.27. The number of H-pyrrole nitrogens is 1. The number of nitrogens with one attached hydrogen (secondary N) is 2. The fourth-order valence-electron chi connectivity index (χ4n) is 2.78. The Hall–Kier alpha value is -3.10. The van der Waals surface area contributed by atoms with Gasteiger partial charge < -0.3 is 10.3 Å². The summed E-state index contributed by atoms with van der Waals surface area (Å²) in [5.74, 6) is -0.260. The average Bonchev–Trinajstić information content (AvgIpc) is 3.39. The molecule has 0 unspecified atom stereocenters. The SMILES string of the molecule is O=C(Nc1cccc2nsnc12)c1csc(-c2cc3ccccc3[nH]2)n1. The Bertz CT molecular complexity index is 1220. The molecule has 0 fully saturated rings. The van der Waals surface area contributed by atoms with Gasteiger partial charge in [0.25, 0.3) is 5.91 Å². The van der Waals surface area contributed by atoms with E-state index in [4.69, 9.17) is 0 Å². The summed E-state index contributed by atoms with van der Waals surface area (Å²) in [7, 11) is 0. The van der Waals surface area contributed by atoms with Crippen LogP contribution in [0.25, 0.3) is 32.6 Å². The Kier molecular flexibility index (Phi) is 3.51. The fourth-order valence-corrected chi connectivity index (χ4v) is 4.10. The normalized spacial score (nSPS) is 11.2. The van der Waals surface area contributed by atoms with Crippen LogP contribution in [-0.4, -0.2) is 24.6 Å². The molecule has 0 saturated heterocycles. The third kappa shape index (κ3) is 2.56. The monoisotopic (exact) mass is 377 g/mol. The van der Waals surface area contributed by atoms with Gasteiger partial charge in [0.1, 0.15) is 21.7 Å². The van der Waals surface area contributed by atoms with Crippen molar-refractivity contribution in [3.63, 3.8) is 0 Å². The van der Waals surface area contributed by atoms with Gasteiger partial charge in [-0.15, -0.1) is 11.3 Å². The van der Waals surface area contributed by atoms with Crippen molar-refractivity contribution in [1.82, 2.24) is 18.7 Å². The van der Waals surface area contributed by atoms with Gasteiger partial charge in [-0.1, -0.05) is 24.3 Å². The van der Waals surface area contributed by atoms with E-state index in [1.807, 2.05) is 48.5 Å². The number of carbonyl (C=O) groups excluding carboxylic acids is 1. The third-order valence-electron chi connectivity index (χ3n) is 4.03. The van der Waals surface area contributed by atoms with E-state index in [0.29, 0.717) is 16.9 Å². The largest absolute Gasteiger partial charge is 0.353 e. The summed E-state index contributed by atoms with van der Waals surface area (Å²) < 4.78 is 8.42. The van der Waals surface area contributed by atoms with Gasteiger partial charge in [0.2, 0.25) is 0 Å². The van der Waals surface area contributed by atoms with E-state index in [0.717, 1.165) is 38.8 Å². The summed E-state index contributed by atoms with van der Waals surface area (Å²) in [5, 5.41) is 6.53. The van der Waals surface area contributed by atoms with Gasteiger partial charge in [-0.3, -0.25) is 4.79 Å². The molecular formula is C18H11N5OS2. The van der Waals surface area contributed by atoms with E-state index < -0.39 is 0 Å².